The Labute approximate surface area is 154 Å². The first-order chi connectivity index (χ1) is 12.7. The first kappa shape index (κ1) is 16.9. The third kappa shape index (κ3) is 3.54. The lowest BCUT2D eigenvalue weighted by atomic mass is 9.95. The van der Waals surface area contributed by atoms with Crippen LogP contribution < -0.4 is 4.90 Å². The van der Waals surface area contributed by atoms with Crippen molar-refractivity contribution in [3.05, 3.63) is 46.9 Å². The van der Waals surface area contributed by atoms with E-state index >= 15 is 0 Å². The van der Waals surface area contributed by atoms with Crippen molar-refractivity contribution in [2.45, 2.75) is 39.0 Å². The van der Waals surface area contributed by atoms with Gasteiger partial charge in [-0.1, -0.05) is 0 Å². The molecule has 3 heterocycles. The number of hydrogen-bond acceptors (Lipinski definition) is 5. The van der Waals surface area contributed by atoms with Crippen LogP contribution in [0, 0.1) is 6.92 Å². The van der Waals surface area contributed by atoms with Gasteiger partial charge in [-0.05, 0) is 62.8 Å². The molecule has 0 aromatic carbocycles. The van der Waals surface area contributed by atoms with E-state index in [1.165, 1.54) is 24.1 Å². The molecule has 0 radical (unpaired) electrons. The molecule has 1 saturated heterocycles. The Kier molecular flexibility index (Phi) is 4.82. The van der Waals surface area contributed by atoms with Gasteiger partial charge in [0.25, 0.3) is 5.91 Å². The lowest BCUT2D eigenvalue weighted by Gasteiger charge is -2.23. The first-order valence-corrected chi connectivity index (χ1v) is 9.53. The number of anilines is 1. The Bertz CT molecular complexity index is 789. The van der Waals surface area contributed by atoms with Gasteiger partial charge in [-0.25, -0.2) is 0 Å². The Morgan fingerprint density at radius 3 is 2.73 bits per heavy atom. The van der Waals surface area contributed by atoms with Gasteiger partial charge in [-0.3, -0.25) is 9.78 Å². The maximum absolute atomic E-state index is 13.0. The van der Waals surface area contributed by atoms with Crippen molar-refractivity contribution in [2.24, 2.45) is 0 Å². The van der Waals surface area contributed by atoms with Crippen molar-refractivity contribution in [2.75, 3.05) is 31.1 Å². The number of pyridine rings is 1. The molecule has 0 N–H and O–H groups in total. The standard InChI is InChI=1S/C20H25N5O/c1-15-7-8-19(23-22-15)24-9-4-10-25(12-11-24)20(26)17-13-16-5-2-3-6-18(16)21-14-17/h7-8,13-14H,2-6,9-12H2,1H3. The molecule has 0 unspecified atom stereocenters. The normalized spacial score (nSPS) is 17.6. The molecule has 0 atom stereocenters. The van der Waals surface area contributed by atoms with Gasteiger partial charge in [0.2, 0.25) is 0 Å². The minimum atomic E-state index is 0.0997. The number of fused-ring (bicyclic) bond motifs is 1. The van der Waals surface area contributed by atoms with Crippen LogP contribution >= 0.6 is 0 Å². The molecule has 2 aliphatic rings. The van der Waals surface area contributed by atoms with Crippen molar-refractivity contribution < 1.29 is 4.79 Å². The lowest BCUT2D eigenvalue weighted by molar-refractivity contribution is 0.0766. The molecule has 26 heavy (non-hydrogen) atoms. The van der Waals surface area contributed by atoms with Gasteiger partial charge >= 0.3 is 0 Å². The van der Waals surface area contributed by atoms with E-state index in [-0.39, 0.29) is 5.91 Å². The number of rotatable bonds is 2. The molecule has 1 fully saturated rings. The minimum absolute atomic E-state index is 0.0997. The zero-order valence-electron chi connectivity index (χ0n) is 15.3. The zero-order chi connectivity index (χ0) is 17.9. The molecule has 2 aromatic heterocycles. The molecule has 2 aromatic rings. The average Bonchev–Trinajstić information content (AvgIpc) is 2.94. The molecule has 4 rings (SSSR count). The van der Waals surface area contributed by atoms with E-state index in [1.807, 2.05) is 24.0 Å². The van der Waals surface area contributed by atoms with Crippen LogP contribution in [0.4, 0.5) is 5.82 Å². The number of carbonyl (C=O) groups is 1. The summed E-state index contributed by atoms with van der Waals surface area (Å²) in [6.45, 7) is 5.08. The Balaban J connectivity index is 1.45. The third-order valence-corrected chi connectivity index (χ3v) is 5.31. The van der Waals surface area contributed by atoms with Crippen LogP contribution in [0.25, 0.3) is 0 Å². The van der Waals surface area contributed by atoms with Gasteiger partial charge in [0.1, 0.15) is 0 Å². The predicted molar refractivity (Wildman–Crippen MR) is 100 cm³/mol. The van der Waals surface area contributed by atoms with Crippen LogP contribution in [0.1, 0.15) is 46.6 Å². The summed E-state index contributed by atoms with van der Waals surface area (Å²) in [4.78, 5) is 21.7. The quantitative estimate of drug-likeness (QED) is 0.831. The summed E-state index contributed by atoms with van der Waals surface area (Å²) in [5.74, 6) is 0.989. The Morgan fingerprint density at radius 1 is 1.00 bits per heavy atom. The van der Waals surface area contributed by atoms with E-state index in [1.54, 1.807) is 6.20 Å². The zero-order valence-corrected chi connectivity index (χ0v) is 15.3. The molecular formula is C20H25N5O. The van der Waals surface area contributed by atoms with Gasteiger partial charge in [0.15, 0.2) is 5.82 Å². The molecule has 0 bridgehead atoms. The summed E-state index contributed by atoms with van der Waals surface area (Å²) in [7, 11) is 0. The van der Waals surface area contributed by atoms with Crippen LogP contribution in [0.15, 0.2) is 24.4 Å². The molecule has 6 heteroatoms. The van der Waals surface area contributed by atoms with Crippen LogP contribution in [0.2, 0.25) is 0 Å². The fourth-order valence-electron chi connectivity index (χ4n) is 3.80. The highest BCUT2D eigenvalue weighted by atomic mass is 16.2. The number of nitrogens with zero attached hydrogens (tertiary/aromatic N) is 5. The van der Waals surface area contributed by atoms with Crippen molar-refractivity contribution in [3.8, 4) is 0 Å². The fraction of sp³-hybridized carbons (Fsp3) is 0.500. The van der Waals surface area contributed by atoms with Gasteiger partial charge in [-0.15, -0.1) is 5.10 Å². The van der Waals surface area contributed by atoms with Crippen LogP contribution in [-0.2, 0) is 12.8 Å². The predicted octanol–water partition coefficient (Wildman–Crippen LogP) is 2.41. The monoisotopic (exact) mass is 351 g/mol. The van der Waals surface area contributed by atoms with E-state index in [0.717, 1.165) is 56.0 Å². The molecule has 1 amide bonds. The molecule has 0 saturated carbocycles. The number of carbonyl (C=O) groups excluding carboxylic acids is 1. The van der Waals surface area contributed by atoms with Gasteiger partial charge in [0, 0.05) is 38.1 Å². The van der Waals surface area contributed by atoms with Crippen molar-refractivity contribution in [1.82, 2.24) is 20.1 Å². The number of amides is 1. The largest absolute Gasteiger partial charge is 0.353 e. The van der Waals surface area contributed by atoms with Crippen LogP contribution in [-0.4, -0.2) is 52.2 Å². The second kappa shape index (κ2) is 7.40. The third-order valence-electron chi connectivity index (χ3n) is 5.31. The van der Waals surface area contributed by atoms with E-state index < -0.39 is 0 Å². The molecule has 0 spiro atoms. The Hall–Kier alpha value is -2.50. The topological polar surface area (TPSA) is 62.2 Å². The lowest BCUT2D eigenvalue weighted by Crippen LogP contribution is -2.35. The molecule has 1 aliphatic heterocycles. The molecule has 136 valence electrons. The highest BCUT2D eigenvalue weighted by Gasteiger charge is 2.22. The van der Waals surface area contributed by atoms with E-state index in [9.17, 15) is 4.79 Å². The number of aryl methyl sites for hydroxylation is 3. The highest BCUT2D eigenvalue weighted by Crippen LogP contribution is 2.21. The van der Waals surface area contributed by atoms with E-state index in [2.05, 4.69) is 26.1 Å². The summed E-state index contributed by atoms with van der Waals surface area (Å²) in [6.07, 6.45) is 7.18. The van der Waals surface area contributed by atoms with E-state index in [4.69, 9.17) is 0 Å². The van der Waals surface area contributed by atoms with Gasteiger partial charge in [0.05, 0.1) is 11.3 Å². The van der Waals surface area contributed by atoms with Gasteiger partial charge in [-0.2, -0.15) is 5.10 Å². The molecular weight excluding hydrogens is 326 g/mol. The second-order valence-corrected chi connectivity index (χ2v) is 7.20. The van der Waals surface area contributed by atoms with Crippen LogP contribution in [0.5, 0.6) is 0 Å². The van der Waals surface area contributed by atoms with E-state index in [0.29, 0.717) is 6.54 Å². The fourth-order valence-corrected chi connectivity index (χ4v) is 3.80. The smallest absolute Gasteiger partial charge is 0.255 e. The van der Waals surface area contributed by atoms with Crippen molar-refractivity contribution in [3.63, 3.8) is 0 Å². The summed E-state index contributed by atoms with van der Waals surface area (Å²) in [5, 5.41) is 8.43. The molecule has 1 aliphatic carbocycles. The average molecular weight is 351 g/mol. The first-order valence-electron chi connectivity index (χ1n) is 9.53. The highest BCUT2D eigenvalue weighted by molar-refractivity contribution is 5.94. The maximum Gasteiger partial charge on any atom is 0.255 e. The summed E-state index contributed by atoms with van der Waals surface area (Å²) >= 11 is 0. The Morgan fingerprint density at radius 2 is 1.88 bits per heavy atom. The summed E-state index contributed by atoms with van der Waals surface area (Å²) in [5.41, 5.74) is 4.08. The van der Waals surface area contributed by atoms with Crippen LogP contribution in [0.3, 0.4) is 0 Å². The van der Waals surface area contributed by atoms with Crippen molar-refractivity contribution in [1.29, 1.82) is 0 Å². The SMILES string of the molecule is Cc1ccc(N2CCCN(C(=O)c3cnc4c(c3)CCCC4)CC2)nn1. The van der Waals surface area contributed by atoms with Gasteiger partial charge < -0.3 is 9.80 Å². The molecule has 6 nitrogen and oxygen atoms in total. The maximum atomic E-state index is 13.0. The number of hydrogen-bond donors (Lipinski definition) is 0. The summed E-state index contributed by atoms with van der Waals surface area (Å²) < 4.78 is 0. The number of aromatic nitrogens is 3. The van der Waals surface area contributed by atoms with Crippen molar-refractivity contribution >= 4 is 11.7 Å². The minimum Gasteiger partial charge on any atom is -0.353 e. The summed E-state index contributed by atoms with van der Waals surface area (Å²) in [6, 6.07) is 6.06. The second-order valence-electron chi connectivity index (χ2n) is 7.20.